The number of hydrogen-bond acceptors (Lipinski definition) is 8. The predicted molar refractivity (Wildman–Crippen MR) is 440 cm³/mol. The van der Waals surface area contributed by atoms with E-state index < -0.39 is 0 Å². The summed E-state index contributed by atoms with van der Waals surface area (Å²) in [5.41, 5.74) is 25.6. The average molecular weight is 1370 g/mol. The van der Waals surface area contributed by atoms with Gasteiger partial charge in [0.1, 0.15) is 22.3 Å². The molecule has 0 bridgehead atoms. The molecule has 0 atom stereocenters. The molecule has 0 aliphatic heterocycles. The molecule has 0 spiro atoms. The Balaban J connectivity index is 1.13. The monoisotopic (exact) mass is 1370 g/mol. The molecular weight excluding hydrogens is 1270 g/mol. The lowest BCUT2D eigenvalue weighted by Crippen LogP contribution is -2.18. The maximum absolute atomic E-state index is 6.27. The molecule has 0 radical (unpaired) electrons. The quantitative estimate of drug-likeness (QED) is 0.0887. The second-order valence-corrected chi connectivity index (χ2v) is 32.4. The van der Waals surface area contributed by atoms with Crippen molar-refractivity contribution >= 4 is 144 Å². The van der Waals surface area contributed by atoms with E-state index in [0.717, 1.165) is 170 Å². The molecule has 4 aromatic heterocycles. The van der Waals surface area contributed by atoms with Crippen LogP contribution in [0.4, 0.5) is 68.2 Å². The van der Waals surface area contributed by atoms with E-state index in [-0.39, 0.29) is 21.7 Å². The summed E-state index contributed by atoms with van der Waals surface area (Å²) in [6.45, 7) is 36.7. The van der Waals surface area contributed by atoms with E-state index >= 15 is 0 Å². The van der Waals surface area contributed by atoms with Gasteiger partial charge in [-0.25, -0.2) is 0 Å². The van der Waals surface area contributed by atoms with E-state index in [2.05, 4.69) is 337 Å². The number of benzene rings is 12. The van der Waals surface area contributed by atoms with Crippen LogP contribution in [0.5, 0.6) is 0 Å². The highest BCUT2D eigenvalue weighted by Gasteiger charge is 2.33. The first-order chi connectivity index (χ1) is 49.9. The Kier molecular flexibility index (Phi) is 16.5. The standard InChI is InChI=1S/C96H94N4O4/c1-17-67-71-49-53-101-87(71)45-41-79(67)97(63-29-21-59(22-30-63)93(5,6)7)83-57-84(98(64-31-23-60(24-32-64)94(8,9)10)80-42-46-88-72(50-54-102-88)68(80)18-2)76-39-40-78-86(100(66-35-27-62(28-36-66)96(14,15)16)82-44-48-90-74(52-56-104-90)70(82)20-4)58-85(77-38-37-75(83)91(76)92(77)78)99(65-33-25-61(26-34-65)95(11,12)13)81-43-47-89-73(51-55-103-89)69(81)19-3/h21-58H,17-20H2,1-16H3. The first-order valence-electron chi connectivity index (χ1n) is 37.3. The molecule has 0 N–H and O–H groups in total. The Bertz CT molecular complexity index is 5170. The van der Waals surface area contributed by atoms with Crippen molar-refractivity contribution in [1.82, 2.24) is 0 Å². The highest BCUT2D eigenvalue weighted by atomic mass is 16.3. The molecule has 0 unspecified atom stereocenters. The van der Waals surface area contributed by atoms with Crippen molar-refractivity contribution in [1.29, 1.82) is 0 Å². The van der Waals surface area contributed by atoms with Gasteiger partial charge in [0.15, 0.2) is 0 Å². The summed E-state index contributed by atoms with van der Waals surface area (Å²) in [7, 11) is 0. The summed E-state index contributed by atoms with van der Waals surface area (Å²) >= 11 is 0. The summed E-state index contributed by atoms with van der Waals surface area (Å²) < 4.78 is 25.1. The largest absolute Gasteiger partial charge is 0.464 e. The van der Waals surface area contributed by atoms with Gasteiger partial charge in [-0.1, -0.05) is 184 Å². The summed E-state index contributed by atoms with van der Waals surface area (Å²) in [6, 6.07) is 78.5. The van der Waals surface area contributed by atoms with Gasteiger partial charge in [0.2, 0.25) is 0 Å². The van der Waals surface area contributed by atoms with E-state index in [4.69, 9.17) is 17.7 Å². The van der Waals surface area contributed by atoms with Gasteiger partial charge in [0.25, 0.3) is 0 Å². The number of hydrogen-bond donors (Lipinski definition) is 0. The summed E-state index contributed by atoms with van der Waals surface area (Å²) in [5, 5.41) is 11.1. The molecule has 16 rings (SSSR count). The van der Waals surface area contributed by atoms with Gasteiger partial charge in [-0.15, -0.1) is 0 Å². The van der Waals surface area contributed by atoms with E-state index in [1.165, 1.54) is 44.5 Å². The number of aryl methyl sites for hydroxylation is 4. The summed E-state index contributed by atoms with van der Waals surface area (Å²) in [4.78, 5) is 10.2. The first-order valence-corrected chi connectivity index (χ1v) is 37.3. The lowest BCUT2D eigenvalue weighted by atomic mass is 9.86. The van der Waals surface area contributed by atoms with Crippen LogP contribution >= 0.6 is 0 Å². The third kappa shape index (κ3) is 11.3. The highest BCUT2D eigenvalue weighted by molar-refractivity contribution is 6.33. The van der Waals surface area contributed by atoms with Crippen molar-refractivity contribution in [3.8, 4) is 0 Å². The maximum atomic E-state index is 6.27. The van der Waals surface area contributed by atoms with Crippen molar-refractivity contribution in [3.05, 3.63) is 276 Å². The fourth-order valence-electron chi connectivity index (χ4n) is 16.4. The zero-order chi connectivity index (χ0) is 72.5. The SMILES string of the molecule is CCc1c(N(c2ccc(C(C)(C)C)cc2)c2cc(N(c3ccc(C(C)(C)C)cc3)c3ccc4occc4c3CC)c3ccc4c(N(c5ccc(C(C)(C)C)cc5)c5ccc6occc6c5CC)cc(N(c5ccc(C(C)(C)C)cc5)c5ccc6occc6c5CC)c5ccc2c3c54)ccc2occc12. The van der Waals surface area contributed by atoms with E-state index in [1.807, 2.05) is 25.1 Å². The smallest absolute Gasteiger partial charge is 0.134 e. The minimum absolute atomic E-state index is 0.0886. The number of nitrogens with zero attached hydrogens (tertiary/aromatic N) is 4. The zero-order valence-electron chi connectivity index (χ0n) is 63.2. The molecular formula is C96H94N4O4. The van der Waals surface area contributed by atoms with Crippen LogP contribution in [0.2, 0.25) is 0 Å². The van der Waals surface area contributed by atoms with Gasteiger partial charge in [-0.05, 0) is 225 Å². The third-order valence-electron chi connectivity index (χ3n) is 22.0. The van der Waals surface area contributed by atoms with Crippen LogP contribution in [-0.2, 0) is 47.3 Å². The fourth-order valence-corrected chi connectivity index (χ4v) is 16.4. The normalized spacial score (nSPS) is 12.6. The Labute approximate surface area is 612 Å². The Morgan fingerprint density at radius 2 is 0.423 bits per heavy atom. The van der Waals surface area contributed by atoms with Gasteiger partial charge >= 0.3 is 0 Å². The minimum atomic E-state index is -0.0886. The van der Waals surface area contributed by atoms with Gasteiger partial charge in [0, 0.05) is 76.6 Å². The molecule has 16 aromatic rings. The van der Waals surface area contributed by atoms with Crippen LogP contribution in [0.3, 0.4) is 0 Å². The number of anilines is 12. The molecule has 0 fully saturated rings. The molecule has 0 saturated carbocycles. The van der Waals surface area contributed by atoms with E-state index in [0.29, 0.717) is 0 Å². The zero-order valence-corrected chi connectivity index (χ0v) is 63.2. The first kappa shape index (κ1) is 67.5. The van der Waals surface area contributed by atoms with Crippen molar-refractivity contribution in [3.63, 3.8) is 0 Å². The molecule has 0 amide bonds. The topological polar surface area (TPSA) is 65.5 Å². The summed E-state index contributed by atoms with van der Waals surface area (Å²) in [5.74, 6) is 0. The lowest BCUT2D eigenvalue weighted by molar-refractivity contribution is 0.590. The molecule has 8 nitrogen and oxygen atoms in total. The molecule has 12 aromatic carbocycles. The predicted octanol–water partition coefficient (Wildman–Crippen LogP) is 28.9. The Morgan fingerprint density at radius 1 is 0.221 bits per heavy atom. The third-order valence-corrected chi connectivity index (χ3v) is 22.0. The Hall–Kier alpha value is -11.0. The van der Waals surface area contributed by atoms with Crippen LogP contribution < -0.4 is 19.6 Å². The molecule has 104 heavy (non-hydrogen) atoms. The average Bonchev–Trinajstić information content (AvgIpc) is 0.744. The number of fused-ring (bicyclic) bond motifs is 4. The van der Waals surface area contributed by atoms with E-state index in [9.17, 15) is 0 Å². The van der Waals surface area contributed by atoms with Gasteiger partial charge in [-0.3, -0.25) is 0 Å². The maximum Gasteiger partial charge on any atom is 0.134 e. The van der Waals surface area contributed by atoms with Crippen LogP contribution in [0.15, 0.2) is 249 Å². The second kappa shape index (κ2) is 25.5. The summed E-state index contributed by atoms with van der Waals surface area (Å²) in [6.07, 6.45) is 10.4. The molecule has 4 heterocycles. The minimum Gasteiger partial charge on any atom is -0.464 e. The number of furan rings is 4. The molecule has 0 aliphatic carbocycles. The van der Waals surface area contributed by atoms with Gasteiger partial charge in [-0.2, -0.15) is 0 Å². The van der Waals surface area contributed by atoms with Crippen LogP contribution in [0.25, 0.3) is 76.2 Å². The van der Waals surface area contributed by atoms with E-state index in [1.54, 1.807) is 0 Å². The molecule has 0 saturated heterocycles. The highest BCUT2D eigenvalue weighted by Crippen LogP contribution is 2.57. The van der Waals surface area contributed by atoms with Crippen molar-refractivity contribution in [2.24, 2.45) is 0 Å². The fraction of sp³-hybridized carbons (Fsp3) is 0.250. The van der Waals surface area contributed by atoms with Crippen LogP contribution in [0.1, 0.15) is 155 Å². The molecule has 8 heteroatoms. The van der Waals surface area contributed by atoms with Gasteiger partial charge in [0.05, 0.1) is 70.6 Å². The van der Waals surface area contributed by atoms with Crippen molar-refractivity contribution < 1.29 is 17.7 Å². The van der Waals surface area contributed by atoms with Crippen LogP contribution in [0, 0.1) is 0 Å². The lowest BCUT2D eigenvalue weighted by Gasteiger charge is -2.36. The van der Waals surface area contributed by atoms with Crippen LogP contribution in [-0.4, -0.2) is 0 Å². The van der Waals surface area contributed by atoms with Gasteiger partial charge < -0.3 is 37.3 Å². The van der Waals surface area contributed by atoms with Crippen molar-refractivity contribution in [2.45, 2.75) is 158 Å². The number of rotatable bonds is 16. The molecule has 522 valence electrons. The Morgan fingerprint density at radius 3 is 0.606 bits per heavy atom. The second-order valence-electron chi connectivity index (χ2n) is 32.4. The molecule has 0 aliphatic rings. The van der Waals surface area contributed by atoms with Crippen molar-refractivity contribution in [2.75, 3.05) is 19.6 Å².